The highest BCUT2D eigenvalue weighted by Crippen LogP contribution is 2.07. The highest BCUT2D eigenvalue weighted by molar-refractivity contribution is 5.92. The number of rotatable bonds is 8. The normalized spacial score (nSPS) is 10.4. The number of carbonyl (C=O) groups excluding carboxylic acids is 2. The average Bonchev–Trinajstić information content (AvgIpc) is 2.56. The van der Waals surface area contributed by atoms with Gasteiger partial charge in [0.1, 0.15) is 0 Å². The third-order valence-electron chi connectivity index (χ3n) is 3.47. The molecule has 0 saturated heterocycles. The lowest BCUT2D eigenvalue weighted by molar-refractivity contribution is -0.117. The minimum atomic E-state index is -0.0579. The molecule has 2 rings (SSSR count). The Kier molecular flexibility index (Phi) is 6.98. The van der Waals surface area contributed by atoms with Crippen molar-refractivity contribution in [2.45, 2.75) is 12.8 Å². The zero-order chi connectivity index (χ0) is 17.2. The van der Waals surface area contributed by atoms with Crippen molar-refractivity contribution >= 4 is 23.2 Å². The van der Waals surface area contributed by atoms with Crippen LogP contribution in [0.3, 0.4) is 0 Å². The van der Waals surface area contributed by atoms with E-state index in [0.29, 0.717) is 25.9 Å². The van der Waals surface area contributed by atoms with Gasteiger partial charge in [0.15, 0.2) is 0 Å². The largest absolute Gasteiger partial charge is 0.326 e. The molecule has 0 unspecified atom stereocenters. The first-order valence-electron chi connectivity index (χ1n) is 8.02. The van der Waals surface area contributed by atoms with Gasteiger partial charge in [-0.25, -0.2) is 0 Å². The van der Waals surface area contributed by atoms with E-state index in [0.717, 1.165) is 11.4 Å². The maximum Gasteiger partial charge on any atom is 0.238 e. The molecule has 0 aliphatic heterocycles. The average molecular weight is 325 g/mol. The number of para-hydroxylation sites is 2. The summed E-state index contributed by atoms with van der Waals surface area (Å²) in [5, 5.41) is 5.70. The predicted octanol–water partition coefficient (Wildman–Crippen LogP) is 2.98. The lowest BCUT2D eigenvalue weighted by Crippen LogP contribution is -2.31. The van der Waals surface area contributed by atoms with E-state index >= 15 is 0 Å². The molecule has 0 aliphatic rings. The monoisotopic (exact) mass is 325 g/mol. The number of anilines is 2. The third kappa shape index (κ3) is 6.62. The van der Waals surface area contributed by atoms with E-state index in [1.54, 1.807) is 0 Å². The summed E-state index contributed by atoms with van der Waals surface area (Å²) in [5.74, 6) is -0.0687. The number of carbonyl (C=O) groups is 2. The molecule has 0 saturated carbocycles. The van der Waals surface area contributed by atoms with Gasteiger partial charge in [-0.15, -0.1) is 0 Å². The van der Waals surface area contributed by atoms with Gasteiger partial charge < -0.3 is 10.6 Å². The van der Waals surface area contributed by atoms with Gasteiger partial charge in [0.05, 0.1) is 6.54 Å². The van der Waals surface area contributed by atoms with E-state index in [4.69, 9.17) is 0 Å². The summed E-state index contributed by atoms with van der Waals surface area (Å²) in [7, 11) is 1.87. The van der Waals surface area contributed by atoms with Crippen molar-refractivity contribution in [3.8, 4) is 0 Å². The predicted molar refractivity (Wildman–Crippen MR) is 96.9 cm³/mol. The van der Waals surface area contributed by atoms with Crippen LogP contribution in [0.2, 0.25) is 0 Å². The highest BCUT2D eigenvalue weighted by Gasteiger charge is 2.08. The molecule has 0 aromatic heterocycles. The summed E-state index contributed by atoms with van der Waals surface area (Å²) in [5.41, 5.74) is 1.59. The van der Waals surface area contributed by atoms with Gasteiger partial charge >= 0.3 is 0 Å². The number of nitrogens with zero attached hydrogens (tertiary/aromatic N) is 1. The van der Waals surface area contributed by atoms with E-state index in [2.05, 4.69) is 10.6 Å². The van der Waals surface area contributed by atoms with Gasteiger partial charge in [-0.2, -0.15) is 0 Å². The molecule has 2 aromatic rings. The Labute approximate surface area is 142 Å². The Morgan fingerprint density at radius 2 is 1.33 bits per heavy atom. The molecule has 0 radical (unpaired) electrons. The molecule has 5 nitrogen and oxygen atoms in total. The van der Waals surface area contributed by atoms with Gasteiger partial charge in [-0.3, -0.25) is 14.5 Å². The molecule has 0 atom stereocenters. The molecule has 0 spiro atoms. The van der Waals surface area contributed by atoms with Crippen LogP contribution in [0, 0.1) is 0 Å². The van der Waals surface area contributed by atoms with Gasteiger partial charge in [0.25, 0.3) is 0 Å². The van der Waals surface area contributed by atoms with Crippen molar-refractivity contribution in [2.24, 2.45) is 0 Å². The van der Waals surface area contributed by atoms with Crippen LogP contribution in [0.4, 0.5) is 11.4 Å². The number of hydrogen-bond acceptors (Lipinski definition) is 3. The molecule has 0 bridgehead atoms. The van der Waals surface area contributed by atoms with Gasteiger partial charge in [0, 0.05) is 17.8 Å². The fraction of sp³-hybridized carbons (Fsp3) is 0.263. The van der Waals surface area contributed by atoms with Gasteiger partial charge in [-0.1, -0.05) is 36.4 Å². The van der Waals surface area contributed by atoms with E-state index in [9.17, 15) is 9.59 Å². The van der Waals surface area contributed by atoms with Crippen LogP contribution in [-0.2, 0) is 9.59 Å². The molecule has 24 heavy (non-hydrogen) atoms. The van der Waals surface area contributed by atoms with Crippen molar-refractivity contribution < 1.29 is 9.59 Å². The standard InChI is InChI=1S/C19H23N3O2/c1-22(15-19(24)21-17-11-6-3-7-12-17)14-8-13-18(23)20-16-9-4-2-5-10-16/h2-7,9-12H,8,13-15H2,1H3,(H,20,23)(H,21,24). The van der Waals surface area contributed by atoms with Crippen LogP contribution in [0.5, 0.6) is 0 Å². The third-order valence-corrected chi connectivity index (χ3v) is 3.47. The zero-order valence-electron chi connectivity index (χ0n) is 13.9. The quantitative estimate of drug-likeness (QED) is 0.784. The highest BCUT2D eigenvalue weighted by atomic mass is 16.2. The minimum Gasteiger partial charge on any atom is -0.326 e. The van der Waals surface area contributed by atoms with Crippen LogP contribution >= 0.6 is 0 Å². The molecule has 5 heteroatoms. The summed E-state index contributed by atoms with van der Waals surface area (Å²) in [6.45, 7) is 0.986. The summed E-state index contributed by atoms with van der Waals surface area (Å²) in [6.07, 6.45) is 1.13. The fourth-order valence-electron chi connectivity index (χ4n) is 2.30. The van der Waals surface area contributed by atoms with Crippen LogP contribution in [-0.4, -0.2) is 36.9 Å². The van der Waals surface area contributed by atoms with Crippen molar-refractivity contribution in [3.05, 3.63) is 60.7 Å². The van der Waals surface area contributed by atoms with Crippen LogP contribution in [0.1, 0.15) is 12.8 Å². The van der Waals surface area contributed by atoms with E-state index in [1.165, 1.54) is 0 Å². The minimum absolute atomic E-state index is 0.0108. The van der Waals surface area contributed by atoms with Gasteiger partial charge in [-0.05, 0) is 44.3 Å². The first kappa shape index (κ1) is 17.7. The van der Waals surface area contributed by atoms with Crippen LogP contribution in [0.25, 0.3) is 0 Å². The summed E-state index contributed by atoms with van der Waals surface area (Å²) < 4.78 is 0. The summed E-state index contributed by atoms with van der Waals surface area (Å²) in [6, 6.07) is 18.8. The molecule has 126 valence electrons. The molecule has 2 amide bonds. The Morgan fingerprint density at radius 3 is 1.88 bits per heavy atom. The van der Waals surface area contributed by atoms with Gasteiger partial charge in [0.2, 0.25) is 11.8 Å². The topological polar surface area (TPSA) is 61.4 Å². The van der Waals surface area contributed by atoms with E-state index in [1.807, 2.05) is 72.6 Å². The van der Waals surface area contributed by atoms with Crippen molar-refractivity contribution in [1.29, 1.82) is 0 Å². The Hall–Kier alpha value is -2.66. The first-order valence-corrected chi connectivity index (χ1v) is 8.02. The second kappa shape index (κ2) is 9.47. The number of hydrogen-bond donors (Lipinski definition) is 2. The van der Waals surface area contributed by atoms with Crippen LogP contribution in [0.15, 0.2) is 60.7 Å². The Morgan fingerprint density at radius 1 is 0.833 bits per heavy atom. The lowest BCUT2D eigenvalue weighted by Gasteiger charge is -2.16. The second-order valence-corrected chi connectivity index (χ2v) is 5.67. The molecule has 0 fully saturated rings. The number of likely N-dealkylation sites (N-methyl/N-ethyl adjacent to an activating group) is 1. The molecule has 2 N–H and O–H groups in total. The Balaban J connectivity index is 1.63. The fourth-order valence-corrected chi connectivity index (χ4v) is 2.30. The first-order chi connectivity index (χ1) is 11.6. The number of nitrogens with one attached hydrogen (secondary N) is 2. The maximum absolute atomic E-state index is 11.9. The van der Waals surface area contributed by atoms with Crippen molar-refractivity contribution in [2.75, 3.05) is 30.8 Å². The van der Waals surface area contributed by atoms with Crippen LogP contribution < -0.4 is 10.6 Å². The maximum atomic E-state index is 11.9. The van der Waals surface area contributed by atoms with E-state index in [-0.39, 0.29) is 11.8 Å². The summed E-state index contributed by atoms with van der Waals surface area (Å²) in [4.78, 5) is 25.7. The molecular weight excluding hydrogens is 302 g/mol. The lowest BCUT2D eigenvalue weighted by atomic mass is 10.2. The zero-order valence-corrected chi connectivity index (χ0v) is 13.9. The van der Waals surface area contributed by atoms with Crippen molar-refractivity contribution in [3.63, 3.8) is 0 Å². The van der Waals surface area contributed by atoms with Crippen molar-refractivity contribution in [1.82, 2.24) is 4.90 Å². The Bertz CT molecular complexity index is 644. The SMILES string of the molecule is CN(CCCC(=O)Nc1ccccc1)CC(=O)Nc1ccccc1. The molecule has 0 aliphatic carbocycles. The smallest absolute Gasteiger partial charge is 0.238 e. The molecule has 2 aromatic carbocycles. The van der Waals surface area contributed by atoms with E-state index < -0.39 is 0 Å². The number of benzene rings is 2. The molecule has 0 heterocycles. The summed E-state index contributed by atoms with van der Waals surface area (Å²) >= 11 is 0. The second-order valence-electron chi connectivity index (χ2n) is 5.67. The number of amides is 2. The molecular formula is C19H23N3O2.